The minimum absolute atomic E-state index is 0.905. The standard InChI is InChI=1S/C24H22N4/c1-17-19(11-13-23(27-17)21-7-3-5-15-25-21)9-10-20-12-14-24(28-18(20)2)22-8-4-6-16-26-22/h3-8,11-16H,9-10H2,1-2H3. The Morgan fingerprint density at radius 1 is 0.536 bits per heavy atom. The van der Waals surface area contributed by atoms with Gasteiger partial charge in [0.15, 0.2) is 0 Å². The van der Waals surface area contributed by atoms with E-state index in [2.05, 4.69) is 48.1 Å². The summed E-state index contributed by atoms with van der Waals surface area (Å²) >= 11 is 0. The zero-order chi connectivity index (χ0) is 19.3. The number of aryl methyl sites for hydroxylation is 4. The number of aromatic nitrogens is 4. The maximum atomic E-state index is 4.75. The summed E-state index contributed by atoms with van der Waals surface area (Å²) in [4.78, 5) is 18.3. The molecule has 0 spiro atoms. The smallest absolute Gasteiger partial charge is 0.0889 e. The van der Waals surface area contributed by atoms with Gasteiger partial charge < -0.3 is 0 Å². The predicted molar refractivity (Wildman–Crippen MR) is 112 cm³/mol. The monoisotopic (exact) mass is 366 g/mol. The second kappa shape index (κ2) is 8.09. The molecule has 4 aromatic heterocycles. The van der Waals surface area contributed by atoms with Gasteiger partial charge in [0.05, 0.1) is 22.8 Å². The number of hydrogen-bond donors (Lipinski definition) is 0. The first-order valence-electron chi connectivity index (χ1n) is 9.46. The third-order valence-corrected chi connectivity index (χ3v) is 4.91. The van der Waals surface area contributed by atoms with Gasteiger partial charge in [0.1, 0.15) is 0 Å². The Bertz CT molecular complexity index is 987. The van der Waals surface area contributed by atoms with E-state index in [4.69, 9.17) is 9.97 Å². The van der Waals surface area contributed by atoms with Crippen LogP contribution in [-0.2, 0) is 12.8 Å². The predicted octanol–water partition coefficient (Wildman–Crippen LogP) is 5.00. The average Bonchev–Trinajstić information content (AvgIpc) is 2.75. The molecule has 0 N–H and O–H groups in total. The molecule has 0 saturated heterocycles. The van der Waals surface area contributed by atoms with Crippen LogP contribution >= 0.6 is 0 Å². The van der Waals surface area contributed by atoms with Crippen LogP contribution in [0.15, 0.2) is 73.1 Å². The van der Waals surface area contributed by atoms with E-state index in [1.807, 2.05) is 36.4 Å². The molecule has 0 radical (unpaired) electrons. The van der Waals surface area contributed by atoms with E-state index < -0.39 is 0 Å². The quantitative estimate of drug-likeness (QED) is 0.499. The van der Waals surface area contributed by atoms with Crippen molar-refractivity contribution < 1.29 is 0 Å². The highest BCUT2D eigenvalue weighted by Crippen LogP contribution is 2.20. The van der Waals surface area contributed by atoms with Gasteiger partial charge in [-0.1, -0.05) is 24.3 Å². The van der Waals surface area contributed by atoms with Gasteiger partial charge in [0.2, 0.25) is 0 Å². The fourth-order valence-corrected chi connectivity index (χ4v) is 3.29. The average molecular weight is 366 g/mol. The van der Waals surface area contributed by atoms with Crippen LogP contribution in [-0.4, -0.2) is 19.9 Å². The molecular weight excluding hydrogens is 344 g/mol. The Morgan fingerprint density at radius 3 is 1.36 bits per heavy atom. The molecule has 4 heteroatoms. The largest absolute Gasteiger partial charge is 0.255 e. The Morgan fingerprint density at radius 2 is 1.00 bits per heavy atom. The minimum Gasteiger partial charge on any atom is -0.255 e. The van der Waals surface area contributed by atoms with E-state index in [1.165, 1.54) is 11.1 Å². The lowest BCUT2D eigenvalue weighted by atomic mass is 10.0. The molecule has 0 aliphatic carbocycles. The van der Waals surface area contributed by atoms with Gasteiger partial charge in [-0.25, -0.2) is 0 Å². The van der Waals surface area contributed by atoms with Crippen LogP contribution in [0.25, 0.3) is 22.8 Å². The van der Waals surface area contributed by atoms with Crippen molar-refractivity contribution in [3.8, 4) is 22.8 Å². The molecule has 4 rings (SSSR count). The molecule has 4 nitrogen and oxygen atoms in total. The summed E-state index contributed by atoms with van der Waals surface area (Å²) in [6.07, 6.45) is 5.47. The lowest BCUT2D eigenvalue weighted by Crippen LogP contribution is -2.01. The van der Waals surface area contributed by atoms with Crippen LogP contribution in [0, 0.1) is 13.8 Å². The number of hydrogen-bond acceptors (Lipinski definition) is 4. The van der Waals surface area contributed by atoms with Crippen molar-refractivity contribution in [1.82, 2.24) is 19.9 Å². The van der Waals surface area contributed by atoms with Crippen LogP contribution in [0.3, 0.4) is 0 Å². The summed E-state index contributed by atoms with van der Waals surface area (Å²) in [5, 5.41) is 0. The summed E-state index contributed by atoms with van der Waals surface area (Å²) < 4.78 is 0. The zero-order valence-corrected chi connectivity index (χ0v) is 16.1. The summed E-state index contributed by atoms with van der Waals surface area (Å²) in [5.41, 5.74) is 8.27. The molecule has 0 aliphatic heterocycles. The SMILES string of the molecule is Cc1nc(-c2ccccn2)ccc1CCc1ccc(-c2ccccn2)nc1C. The van der Waals surface area contributed by atoms with Gasteiger partial charge in [0.25, 0.3) is 0 Å². The van der Waals surface area contributed by atoms with Crippen LogP contribution in [0.5, 0.6) is 0 Å². The van der Waals surface area contributed by atoms with Crippen LogP contribution in [0.1, 0.15) is 22.5 Å². The van der Waals surface area contributed by atoms with Gasteiger partial charge in [-0.15, -0.1) is 0 Å². The summed E-state index contributed by atoms with van der Waals surface area (Å²) in [6.45, 7) is 4.13. The highest BCUT2D eigenvalue weighted by molar-refractivity contribution is 5.55. The van der Waals surface area contributed by atoms with Gasteiger partial charge in [-0.2, -0.15) is 0 Å². The molecule has 138 valence electrons. The first kappa shape index (κ1) is 18.0. The van der Waals surface area contributed by atoms with Crippen LogP contribution in [0.4, 0.5) is 0 Å². The first-order valence-corrected chi connectivity index (χ1v) is 9.46. The molecule has 0 atom stereocenters. The second-order valence-electron chi connectivity index (χ2n) is 6.81. The summed E-state index contributed by atoms with van der Waals surface area (Å²) in [6, 6.07) is 20.2. The number of pyridine rings is 4. The summed E-state index contributed by atoms with van der Waals surface area (Å²) in [5.74, 6) is 0. The van der Waals surface area contributed by atoms with Crippen LogP contribution < -0.4 is 0 Å². The molecule has 4 heterocycles. The van der Waals surface area contributed by atoms with Crippen molar-refractivity contribution in [1.29, 1.82) is 0 Å². The van der Waals surface area contributed by atoms with Crippen molar-refractivity contribution in [2.45, 2.75) is 26.7 Å². The van der Waals surface area contributed by atoms with Crippen molar-refractivity contribution in [2.24, 2.45) is 0 Å². The number of rotatable bonds is 5. The topological polar surface area (TPSA) is 51.6 Å². The molecule has 28 heavy (non-hydrogen) atoms. The Labute approximate surface area is 165 Å². The third kappa shape index (κ3) is 3.96. The summed E-state index contributed by atoms with van der Waals surface area (Å²) in [7, 11) is 0. The maximum Gasteiger partial charge on any atom is 0.0889 e. The Kier molecular flexibility index (Phi) is 5.20. The van der Waals surface area contributed by atoms with Gasteiger partial charge in [-0.3, -0.25) is 19.9 Å². The van der Waals surface area contributed by atoms with E-state index in [-0.39, 0.29) is 0 Å². The molecule has 0 bridgehead atoms. The van der Waals surface area contributed by atoms with E-state index in [9.17, 15) is 0 Å². The van der Waals surface area contributed by atoms with Gasteiger partial charge >= 0.3 is 0 Å². The Hall–Kier alpha value is -3.40. The number of nitrogens with zero attached hydrogens (tertiary/aromatic N) is 4. The normalized spacial score (nSPS) is 10.8. The highest BCUT2D eigenvalue weighted by Gasteiger charge is 2.08. The van der Waals surface area contributed by atoms with Crippen molar-refractivity contribution in [3.63, 3.8) is 0 Å². The molecule has 4 aromatic rings. The van der Waals surface area contributed by atoms with Crippen molar-refractivity contribution in [2.75, 3.05) is 0 Å². The molecule has 0 saturated carbocycles. The second-order valence-corrected chi connectivity index (χ2v) is 6.81. The molecular formula is C24H22N4. The highest BCUT2D eigenvalue weighted by atomic mass is 14.8. The lowest BCUT2D eigenvalue weighted by molar-refractivity contribution is 0.910. The zero-order valence-electron chi connectivity index (χ0n) is 16.1. The third-order valence-electron chi connectivity index (χ3n) is 4.91. The van der Waals surface area contributed by atoms with Crippen molar-refractivity contribution in [3.05, 3.63) is 95.6 Å². The van der Waals surface area contributed by atoms with E-state index in [0.29, 0.717) is 0 Å². The van der Waals surface area contributed by atoms with E-state index in [1.54, 1.807) is 12.4 Å². The first-order chi connectivity index (χ1) is 13.7. The molecule has 0 aromatic carbocycles. The molecule has 0 amide bonds. The fraction of sp³-hybridized carbons (Fsp3) is 0.167. The maximum absolute atomic E-state index is 4.75. The lowest BCUT2D eigenvalue weighted by Gasteiger charge is -2.10. The van der Waals surface area contributed by atoms with Crippen LogP contribution in [0.2, 0.25) is 0 Å². The molecule has 0 unspecified atom stereocenters. The van der Waals surface area contributed by atoms with Gasteiger partial charge in [0, 0.05) is 23.8 Å². The fourth-order valence-electron chi connectivity index (χ4n) is 3.29. The molecule has 0 fully saturated rings. The minimum atomic E-state index is 0.905. The molecule has 0 aliphatic rings. The van der Waals surface area contributed by atoms with E-state index in [0.717, 1.165) is 47.0 Å². The van der Waals surface area contributed by atoms with Crippen molar-refractivity contribution >= 4 is 0 Å². The Balaban J connectivity index is 1.49. The van der Waals surface area contributed by atoms with Gasteiger partial charge in [-0.05, 0) is 74.2 Å². The van der Waals surface area contributed by atoms with E-state index >= 15 is 0 Å².